The number of fused-ring (bicyclic) bond motifs is 5. The highest BCUT2D eigenvalue weighted by molar-refractivity contribution is 7.91. The lowest BCUT2D eigenvalue weighted by atomic mass is 9.87. The van der Waals surface area contributed by atoms with Crippen molar-refractivity contribution in [2.45, 2.75) is 112 Å². The lowest BCUT2D eigenvalue weighted by molar-refractivity contribution is -0.140. The summed E-state index contributed by atoms with van der Waals surface area (Å²) in [4.78, 5) is 58.4. The molecule has 2 saturated carbocycles. The van der Waals surface area contributed by atoms with E-state index in [-0.39, 0.29) is 25.3 Å². The summed E-state index contributed by atoms with van der Waals surface area (Å²) in [6.45, 7) is 3.64. The Bertz CT molecular complexity index is 2140. The fourth-order valence-corrected chi connectivity index (χ4v) is 9.64. The maximum Gasteiger partial charge on any atom is 0.259 e. The number of amides is 3. The lowest BCUT2D eigenvalue weighted by Crippen LogP contribution is -2.58. The van der Waals surface area contributed by atoms with Gasteiger partial charge in [-0.3, -0.25) is 19.1 Å². The van der Waals surface area contributed by atoms with Crippen LogP contribution in [0.1, 0.15) is 82.4 Å². The van der Waals surface area contributed by atoms with Gasteiger partial charge >= 0.3 is 0 Å². The number of carbonyl (C=O) groups is 3. The van der Waals surface area contributed by atoms with Crippen LogP contribution in [0.3, 0.4) is 0 Å². The molecule has 8 rings (SSSR count). The lowest BCUT2D eigenvalue weighted by Gasteiger charge is -2.36. The summed E-state index contributed by atoms with van der Waals surface area (Å²) in [6.07, 6.45) is 13.3. The van der Waals surface area contributed by atoms with Crippen molar-refractivity contribution < 1.29 is 32.3 Å². The minimum Gasteiger partial charge on any atom is -0.497 e. The average Bonchev–Trinajstić information content (AvgIpc) is 4.05. The van der Waals surface area contributed by atoms with E-state index >= 15 is 0 Å². The van der Waals surface area contributed by atoms with Gasteiger partial charge in [-0.05, 0) is 89.5 Å². The molecule has 5 heterocycles. The first-order valence-electron chi connectivity index (χ1n) is 18.9. The minimum atomic E-state index is -3.96. The molecule has 54 heavy (non-hydrogen) atoms. The molecule has 3 amide bonds. The summed E-state index contributed by atoms with van der Waals surface area (Å²) in [5.74, 6) is -0.326. The Hall–Kier alpha value is -4.79. The molecule has 1 aromatic carbocycles. The van der Waals surface area contributed by atoms with E-state index in [2.05, 4.69) is 25.3 Å². The summed E-state index contributed by atoms with van der Waals surface area (Å²) in [7, 11) is -2.34. The van der Waals surface area contributed by atoms with E-state index in [0.29, 0.717) is 55.2 Å². The monoisotopic (exact) mass is 757 g/mol. The maximum absolute atomic E-state index is 14.8. The predicted molar refractivity (Wildman–Crippen MR) is 200 cm³/mol. The molecular weight excluding hydrogens is 711 g/mol. The zero-order valence-electron chi connectivity index (χ0n) is 30.9. The number of nitrogens with zero attached hydrogens (tertiary/aromatic N) is 4. The van der Waals surface area contributed by atoms with Crippen LogP contribution < -0.4 is 24.8 Å². The number of aryl methyl sites for hydroxylation is 2. The number of hydrogen-bond acceptors (Lipinski definition) is 11. The zero-order chi connectivity index (χ0) is 37.9. The number of pyridine rings is 1. The Morgan fingerprint density at radius 3 is 2.65 bits per heavy atom. The summed E-state index contributed by atoms with van der Waals surface area (Å²) >= 11 is 0. The van der Waals surface area contributed by atoms with Gasteiger partial charge in [0.1, 0.15) is 34.7 Å². The zero-order valence-corrected chi connectivity index (χ0v) is 31.7. The summed E-state index contributed by atoms with van der Waals surface area (Å²) in [5, 5.41) is 7.15. The van der Waals surface area contributed by atoms with Crippen molar-refractivity contribution in [1.29, 1.82) is 0 Å². The molecule has 3 aliphatic heterocycles. The second-order valence-electron chi connectivity index (χ2n) is 15.9. The van der Waals surface area contributed by atoms with Crippen LogP contribution in [0.5, 0.6) is 11.5 Å². The molecule has 1 saturated heterocycles. The minimum absolute atomic E-state index is 0.127. The molecule has 2 aromatic heterocycles. The Kier molecular flexibility index (Phi) is 9.05. The van der Waals surface area contributed by atoms with Gasteiger partial charge in [0.15, 0.2) is 0 Å². The van der Waals surface area contributed by atoms with Crippen molar-refractivity contribution in [3.8, 4) is 11.5 Å². The second kappa shape index (κ2) is 13.5. The molecule has 0 bridgehead atoms. The van der Waals surface area contributed by atoms with Crippen molar-refractivity contribution in [2.24, 2.45) is 5.92 Å². The SMILES string of the molecule is COc1ccc2nc(C)c3c(c2c1)CC[C@]1(C[C@H]2C(=O)N[C@]4(C(=O)NS(=O)(=O)C5(C)CC5)C[C@H]4/C=C\CCCCC[C@H](Nc4ncccn4)C(=O)N2C1)O3. The Labute approximate surface area is 314 Å². The molecule has 3 aromatic rings. The van der Waals surface area contributed by atoms with Gasteiger partial charge in [0.25, 0.3) is 5.91 Å². The fraction of sp³-hybridized carbons (Fsp3) is 0.538. The van der Waals surface area contributed by atoms with Crippen LogP contribution in [0.4, 0.5) is 5.95 Å². The number of sulfonamides is 1. The molecule has 0 radical (unpaired) electrons. The number of aromatic nitrogens is 3. The van der Waals surface area contributed by atoms with Crippen LogP contribution in [0.15, 0.2) is 48.8 Å². The smallest absolute Gasteiger partial charge is 0.259 e. The van der Waals surface area contributed by atoms with Gasteiger partial charge in [-0.15, -0.1) is 0 Å². The Morgan fingerprint density at radius 1 is 1.09 bits per heavy atom. The highest BCUT2D eigenvalue weighted by atomic mass is 32.2. The van der Waals surface area contributed by atoms with Crippen molar-refractivity contribution in [2.75, 3.05) is 19.0 Å². The summed E-state index contributed by atoms with van der Waals surface area (Å²) < 4.78 is 40.1. The molecule has 14 nitrogen and oxygen atoms in total. The number of carbonyl (C=O) groups excluding carboxylic acids is 3. The van der Waals surface area contributed by atoms with E-state index in [1.54, 1.807) is 37.4 Å². The van der Waals surface area contributed by atoms with E-state index in [4.69, 9.17) is 14.5 Å². The number of anilines is 1. The van der Waals surface area contributed by atoms with Crippen LogP contribution >= 0.6 is 0 Å². The standard InChI is InChI=1S/C39H47N7O7S/c1-24-32-27(28-20-26(52-3)12-13-29(28)42-24)14-15-38(53-32)22-31-33(47)44-39(35(49)45-54(50,51)37(2)16-17-37)21-25(39)10-7-5-4-6-8-11-30(34(48)46(31)23-38)43-36-40-18-9-19-41-36/h7,9-10,12-13,18-20,25,30-31H,4-6,8,11,14-17,21-23H2,1-3H3,(H,44,47)(H,45,49)(H,40,41,43)/b10-7-/t25-,30+,31+,38-,39-/m1/s1. The van der Waals surface area contributed by atoms with E-state index in [1.807, 2.05) is 37.3 Å². The first kappa shape index (κ1) is 36.2. The maximum atomic E-state index is 14.8. The van der Waals surface area contributed by atoms with Crippen molar-refractivity contribution in [1.82, 2.24) is 29.9 Å². The molecule has 15 heteroatoms. The molecule has 3 N–H and O–H groups in total. The van der Waals surface area contributed by atoms with Gasteiger partial charge in [0.2, 0.25) is 27.8 Å². The molecular formula is C39H47N7O7S. The number of methoxy groups -OCH3 is 1. The second-order valence-corrected chi connectivity index (χ2v) is 18.0. The number of hydrogen-bond donors (Lipinski definition) is 3. The van der Waals surface area contributed by atoms with Crippen LogP contribution in [-0.4, -0.2) is 87.6 Å². The van der Waals surface area contributed by atoms with Gasteiger partial charge < -0.3 is 25.0 Å². The van der Waals surface area contributed by atoms with E-state index in [0.717, 1.165) is 42.1 Å². The largest absolute Gasteiger partial charge is 0.497 e. The first-order valence-corrected chi connectivity index (χ1v) is 20.4. The van der Waals surface area contributed by atoms with E-state index in [1.165, 1.54) is 0 Å². The third-order valence-electron chi connectivity index (χ3n) is 12.0. The molecule has 2 aliphatic carbocycles. The van der Waals surface area contributed by atoms with Crippen molar-refractivity contribution in [3.63, 3.8) is 0 Å². The first-order chi connectivity index (χ1) is 25.9. The van der Waals surface area contributed by atoms with Crippen LogP contribution in [0.2, 0.25) is 0 Å². The number of ether oxygens (including phenoxy) is 2. The van der Waals surface area contributed by atoms with Gasteiger partial charge in [-0.2, -0.15) is 0 Å². The van der Waals surface area contributed by atoms with Crippen molar-refractivity contribution in [3.05, 3.63) is 60.1 Å². The quantitative estimate of drug-likeness (QED) is 0.311. The van der Waals surface area contributed by atoms with E-state index < -0.39 is 55.7 Å². The molecule has 1 spiro atoms. The number of rotatable bonds is 6. The number of benzene rings is 1. The molecule has 286 valence electrons. The Morgan fingerprint density at radius 2 is 1.89 bits per heavy atom. The summed E-state index contributed by atoms with van der Waals surface area (Å²) in [5.41, 5.74) is 0.135. The molecule has 5 atom stereocenters. The number of nitrogens with one attached hydrogen (secondary N) is 3. The third kappa shape index (κ3) is 6.53. The predicted octanol–water partition coefficient (Wildman–Crippen LogP) is 3.88. The Balaban J connectivity index is 1.15. The fourth-order valence-electron chi connectivity index (χ4n) is 8.33. The third-order valence-corrected chi connectivity index (χ3v) is 14.2. The van der Waals surface area contributed by atoms with E-state index in [9.17, 15) is 22.8 Å². The van der Waals surface area contributed by atoms with Gasteiger partial charge in [0, 0.05) is 35.7 Å². The van der Waals surface area contributed by atoms with Gasteiger partial charge in [-0.1, -0.05) is 25.0 Å². The topological polar surface area (TPSA) is 182 Å². The highest BCUT2D eigenvalue weighted by Gasteiger charge is 2.64. The molecule has 3 fully saturated rings. The van der Waals surface area contributed by atoms with Crippen LogP contribution in [0, 0.1) is 12.8 Å². The van der Waals surface area contributed by atoms with Gasteiger partial charge in [-0.25, -0.2) is 23.4 Å². The summed E-state index contributed by atoms with van der Waals surface area (Å²) in [6, 6.07) is 5.71. The van der Waals surface area contributed by atoms with Crippen molar-refractivity contribution >= 4 is 44.6 Å². The van der Waals surface area contributed by atoms with Crippen LogP contribution in [-0.2, 0) is 30.8 Å². The highest BCUT2D eigenvalue weighted by Crippen LogP contribution is 2.49. The molecule has 5 aliphatic rings. The van der Waals surface area contributed by atoms with Gasteiger partial charge in [0.05, 0.1) is 29.6 Å². The molecule has 0 unspecified atom stereocenters. The number of allylic oxidation sites excluding steroid dienone is 1. The average molecular weight is 758 g/mol. The normalized spacial score (nSPS) is 29.7. The van der Waals surface area contributed by atoms with Crippen LogP contribution in [0.25, 0.3) is 10.9 Å².